The van der Waals surface area contributed by atoms with Crippen molar-refractivity contribution >= 4 is 11.9 Å². The number of carbonyl (C=O) groups excluding carboxylic acids is 2. The molecule has 4 nitrogen and oxygen atoms in total. The van der Waals surface area contributed by atoms with Gasteiger partial charge >= 0.3 is 11.9 Å². The van der Waals surface area contributed by atoms with Gasteiger partial charge in [-0.1, -0.05) is 29.8 Å². The van der Waals surface area contributed by atoms with Crippen LogP contribution in [-0.2, 0) is 14.3 Å². The SMILES string of the molecule is Cc1ccc(C(C)N2CC(=O)OC(=O)C2)cc1. The summed E-state index contributed by atoms with van der Waals surface area (Å²) in [5.41, 5.74) is 2.29. The molecule has 17 heavy (non-hydrogen) atoms. The smallest absolute Gasteiger partial charge is 0.327 e. The Hall–Kier alpha value is -1.68. The molecule has 1 aliphatic rings. The molecule has 0 aromatic heterocycles. The second-order valence-corrected chi connectivity index (χ2v) is 4.34. The Kier molecular flexibility index (Phi) is 3.24. The summed E-state index contributed by atoms with van der Waals surface area (Å²) < 4.78 is 4.50. The molecule has 1 unspecified atom stereocenters. The number of hydrogen-bond acceptors (Lipinski definition) is 4. The number of hydrogen-bond donors (Lipinski definition) is 0. The number of esters is 2. The third-order valence-corrected chi connectivity index (χ3v) is 3.00. The molecule has 1 atom stereocenters. The molecule has 0 saturated carbocycles. The van der Waals surface area contributed by atoms with Crippen LogP contribution in [0.15, 0.2) is 24.3 Å². The quantitative estimate of drug-likeness (QED) is 0.573. The first-order chi connectivity index (χ1) is 8.06. The third kappa shape index (κ3) is 2.71. The Bertz CT molecular complexity index is 422. The molecule has 90 valence electrons. The maximum Gasteiger partial charge on any atom is 0.327 e. The molecular weight excluding hydrogens is 218 g/mol. The van der Waals surface area contributed by atoms with Crippen molar-refractivity contribution in [2.45, 2.75) is 19.9 Å². The number of morpholine rings is 1. The van der Waals surface area contributed by atoms with Crippen LogP contribution >= 0.6 is 0 Å². The molecular formula is C13H15NO3. The predicted octanol–water partition coefficient (Wildman–Crippen LogP) is 1.44. The lowest BCUT2D eigenvalue weighted by molar-refractivity contribution is -0.167. The fourth-order valence-corrected chi connectivity index (χ4v) is 1.91. The molecule has 0 radical (unpaired) electrons. The van der Waals surface area contributed by atoms with Gasteiger partial charge in [0.2, 0.25) is 0 Å². The highest BCUT2D eigenvalue weighted by Gasteiger charge is 2.28. The van der Waals surface area contributed by atoms with E-state index in [0.717, 1.165) is 5.56 Å². The number of ether oxygens (including phenoxy) is 1. The first kappa shape index (κ1) is 11.8. The van der Waals surface area contributed by atoms with E-state index in [1.54, 1.807) is 0 Å². The van der Waals surface area contributed by atoms with Crippen LogP contribution in [0.5, 0.6) is 0 Å². The minimum Gasteiger partial charge on any atom is -0.391 e. The molecule has 1 aromatic rings. The predicted molar refractivity (Wildman–Crippen MR) is 62.3 cm³/mol. The Morgan fingerprint density at radius 1 is 1.12 bits per heavy atom. The van der Waals surface area contributed by atoms with Gasteiger partial charge in [0.15, 0.2) is 0 Å². The van der Waals surface area contributed by atoms with E-state index in [2.05, 4.69) is 4.74 Å². The lowest BCUT2D eigenvalue weighted by atomic mass is 10.0. The largest absolute Gasteiger partial charge is 0.391 e. The summed E-state index contributed by atoms with van der Waals surface area (Å²) in [5.74, 6) is -0.944. The maximum absolute atomic E-state index is 11.2. The Balaban J connectivity index is 2.13. The van der Waals surface area contributed by atoms with Crippen molar-refractivity contribution < 1.29 is 14.3 Å². The van der Waals surface area contributed by atoms with Crippen molar-refractivity contribution in [2.24, 2.45) is 0 Å². The van der Waals surface area contributed by atoms with Crippen LogP contribution in [0.4, 0.5) is 0 Å². The van der Waals surface area contributed by atoms with Crippen molar-refractivity contribution in [1.29, 1.82) is 0 Å². The molecule has 2 rings (SSSR count). The van der Waals surface area contributed by atoms with E-state index in [4.69, 9.17) is 0 Å². The average Bonchev–Trinajstić information content (AvgIpc) is 2.28. The van der Waals surface area contributed by atoms with Crippen molar-refractivity contribution in [3.05, 3.63) is 35.4 Å². The van der Waals surface area contributed by atoms with E-state index in [1.165, 1.54) is 5.56 Å². The van der Waals surface area contributed by atoms with Gasteiger partial charge in [-0.3, -0.25) is 14.5 Å². The zero-order valence-electron chi connectivity index (χ0n) is 9.97. The fourth-order valence-electron chi connectivity index (χ4n) is 1.91. The van der Waals surface area contributed by atoms with Gasteiger partial charge in [-0.05, 0) is 19.4 Å². The summed E-state index contributed by atoms with van der Waals surface area (Å²) in [6.45, 7) is 4.34. The number of aryl methyl sites for hydroxylation is 1. The molecule has 1 saturated heterocycles. The van der Waals surface area contributed by atoms with E-state index >= 15 is 0 Å². The number of carbonyl (C=O) groups is 2. The highest BCUT2D eigenvalue weighted by atomic mass is 16.6. The van der Waals surface area contributed by atoms with Crippen LogP contribution in [-0.4, -0.2) is 29.9 Å². The number of cyclic esters (lactones) is 2. The molecule has 4 heteroatoms. The fraction of sp³-hybridized carbons (Fsp3) is 0.385. The van der Waals surface area contributed by atoms with E-state index in [0.29, 0.717) is 0 Å². The minimum absolute atomic E-state index is 0.0346. The summed E-state index contributed by atoms with van der Waals surface area (Å²) in [6.07, 6.45) is 0. The van der Waals surface area contributed by atoms with Gasteiger partial charge in [-0.15, -0.1) is 0 Å². The second-order valence-electron chi connectivity index (χ2n) is 4.34. The van der Waals surface area contributed by atoms with E-state index < -0.39 is 11.9 Å². The number of benzene rings is 1. The number of nitrogens with zero attached hydrogens (tertiary/aromatic N) is 1. The van der Waals surface area contributed by atoms with E-state index in [1.807, 2.05) is 43.0 Å². The van der Waals surface area contributed by atoms with Gasteiger partial charge in [0.25, 0.3) is 0 Å². The first-order valence-electron chi connectivity index (χ1n) is 5.60. The molecule has 0 bridgehead atoms. The minimum atomic E-state index is -0.472. The van der Waals surface area contributed by atoms with Crippen molar-refractivity contribution in [3.63, 3.8) is 0 Å². The van der Waals surface area contributed by atoms with Crippen LogP contribution in [0.2, 0.25) is 0 Å². The van der Waals surface area contributed by atoms with Gasteiger partial charge in [-0.2, -0.15) is 0 Å². The van der Waals surface area contributed by atoms with Crippen LogP contribution in [0, 0.1) is 6.92 Å². The molecule has 0 amide bonds. The highest BCUT2D eigenvalue weighted by Crippen LogP contribution is 2.21. The molecule has 1 aromatic carbocycles. The lowest BCUT2D eigenvalue weighted by Crippen LogP contribution is -2.43. The highest BCUT2D eigenvalue weighted by molar-refractivity contribution is 5.90. The van der Waals surface area contributed by atoms with Crippen LogP contribution in [0.25, 0.3) is 0 Å². The molecule has 0 spiro atoms. The van der Waals surface area contributed by atoms with Gasteiger partial charge in [0.1, 0.15) is 0 Å². The van der Waals surface area contributed by atoms with Crippen molar-refractivity contribution in [1.82, 2.24) is 4.90 Å². The van der Waals surface area contributed by atoms with Gasteiger partial charge in [0, 0.05) is 6.04 Å². The Morgan fingerprint density at radius 3 is 2.18 bits per heavy atom. The van der Waals surface area contributed by atoms with Crippen molar-refractivity contribution in [2.75, 3.05) is 13.1 Å². The normalized spacial score (nSPS) is 18.9. The second kappa shape index (κ2) is 4.67. The van der Waals surface area contributed by atoms with Gasteiger partial charge in [-0.25, -0.2) is 0 Å². The molecule has 1 aliphatic heterocycles. The summed E-state index contributed by atoms with van der Waals surface area (Å²) in [5, 5.41) is 0. The summed E-state index contributed by atoms with van der Waals surface area (Å²) >= 11 is 0. The van der Waals surface area contributed by atoms with Gasteiger partial charge in [0.05, 0.1) is 13.1 Å². The molecule has 0 aliphatic carbocycles. The average molecular weight is 233 g/mol. The third-order valence-electron chi connectivity index (χ3n) is 3.00. The maximum atomic E-state index is 11.2. The van der Waals surface area contributed by atoms with E-state index in [-0.39, 0.29) is 19.1 Å². The van der Waals surface area contributed by atoms with Gasteiger partial charge < -0.3 is 4.74 Å². The number of rotatable bonds is 2. The van der Waals surface area contributed by atoms with Crippen molar-refractivity contribution in [3.8, 4) is 0 Å². The summed E-state index contributed by atoms with van der Waals surface area (Å²) in [6, 6.07) is 8.12. The molecule has 0 N–H and O–H groups in total. The van der Waals surface area contributed by atoms with Crippen LogP contribution in [0.1, 0.15) is 24.1 Å². The zero-order chi connectivity index (χ0) is 12.4. The summed E-state index contributed by atoms with van der Waals surface area (Å²) in [4.78, 5) is 24.2. The zero-order valence-corrected chi connectivity index (χ0v) is 9.97. The standard InChI is InChI=1S/C13H15NO3/c1-9-3-5-11(6-4-9)10(2)14-7-12(15)17-13(16)8-14/h3-6,10H,7-8H2,1-2H3. The Morgan fingerprint density at radius 2 is 1.65 bits per heavy atom. The van der Waals surface area contributed by atoms with Crippen LogP contribution in [0.3, 0.4) is 0 Å². The molecule has 1 heterocycles. The molecule has 1 fully saturated rings. The summed E-state index contributed by atoms with van der Waals surface area (Å²) in [7, 11) is 0. The topological polar surface area (TPSA) is 46.6 Å². The first-order valence-corrected chi connectivity index (χ1v) is 5.60. The van der Waals surface area contributed by atoms with Crippen LogP contribution < -0.4 is 0 Å². The lowest BCUT2D eigenvalue weighted by Gasteiger charge is -2.30. The monoisotopic (exact) mass is 233 g/mol. The van der Waals surface area contributed by atoms with E-state index in [9.17, 15) is 9.59 Å². The Labute approximate surface area is 100 Å².